The summed E-state index contributed by atoms with van der Waals surface area (Å²) in [7, 11) is 0. The summed E-state index contributed by atoms with van der Waals surface area (Å²) < 4.78 is 0. The second-order valence-corrected chi connectivity index (χ2v) is 4.70. The molecule has 0 aromatic heterocycles. The van der Waals surface area contributed by atoms with E-state index in [2.05, 4.69) is 11.8 Å². The monoisotopic (exact) mass is 200 g/mol. The zero-order chi connectivity index (χ0) is 10.6. The molecule has 1 fully saturated rings. The van der Waals surface area contributed by atoms with Crippen molar-refractivity contribution in [2.75, 3.05) is 19.6 Å². The molecule has 1 heterocycles. The molecule has 1 rings (SSSR count). The van der Waals surface area contributed by atoms with Gasteiger partial charge in [-0.3, -0.25) is 0 Å². The number of nitrogens with two attached hydrogens (primary N) is 1. The Bertz CT molecular complexity index is 159. The van der Waals surface area contributed by atoms with Crippen LogP contribution in [0.15, 0.2) is 0 Å². The number of aliphatic hydroxyl groups excluding tert-OH is 1. The smallest absolute Gasteiger partial charge is 0.0524 e. The number of piperidine rings is 1. The highest BCUT2D eigenvalue weighted by Gasteiger charge is 2.22. The molecule has 1 aliphatic rings. The van der Waals surface area contributed by atoms with Gasteiger partial charge in [0.25, 0.3) is 0 Å². The van der Waals surface area contributed by atoms with Gasteiger partial charge < -0.3 is 15.7 Å². The van der Waals surface area contributed by atoms with E-state index in [0.717, 1.165) is 19.5 Å². The van der Waals surface area contributed by atoms with Crippen LogP contribution in [-0.2, 0) is 0 Å². The quantitative estimate of drug-likeness (QED) is 0.706. The molecule has 0 amide bonds. The molecule has 84 valence electrons. The molecule has 14 heavy (non-hydrogen) atoms. The molecule has 0 radical (unpaired) electrons. The summed E-state index contributed by atoms with van der Waals surface area (Å²) in [5.41, 5.74) is 5.91. The molecule has 1 saturated heterocycles. The van der Waals surface area contributed by atoms with Gasteiger partial charge in [0.2, 0.25) is 0 Å². The lowest BCUT2D eigenvalue weighted by atomic mass is 9.92. The van der Waals surface area contributed by atoms with Crippen molar-refractivity contribution < 1.29 is 5.11 Å². The Kier molecular flexibility index (Phi) is 4.85. The normalized spacial score (nSPS) is 28.7. The minimum Gasteiger partial charge on any atom is -0.393 e. The molecule has 3 unspecified atom stereocenters. The highest BCUT2D eigenvalue weighted by atomic mass is 16.3. The van der Waals surface area contributed by atoms with Crippen LogP contribution in [0, 0.1) is 5.92 Å². The fraction of sp³-hybridized carbons (Fsp3) is 1.00. The van der Waals surface area contributed by atoms with Gasteiger partial charge in [-0.05, 0) is 45.6 Å². The molecule has 0 saturated carbocycles. The summed E-state index contributed by atoms with van der Waals surface area (Å²) in [5, 5.41) is 9.21. The molecule has 3 heteroatoms. The van der Waals surface area contributed by atoms with Crippen molar-refractivity contribution in [1.29, 1.82) is 0 Å². The third kappa shape index (κ3) is 3.95. The van der Waals surface area contributed by atoms with E-state index < -0.39 is 0 Å². The fourth-order valence-electron chi connectivity index (χ4n) is 2.09. The highest BCUT2D eigenvalue weighted by molar-refractivity contribution is 4.78. The largest absolute Gasteiger partial charge is 0.393 e. The van der Waals surface area contributed by atoms with E-state index in [9.17, 15) is 5.11 Å². The number of aliphatic hydroxyl groups is 1. The third-order valence-corrected chi connectivity index (χ3v) is 3.15. The van der Waals surface area contributed by atoms with E-state index in [4.69, 9.17) is 5.73 Å². The van der Waals surface area contributed by atoms with Gasteiger partial charge in [-0.1, -0.05) is 0 Å². The molecule has 3 nitrogen and oxygen atoms in total. The standard InChI is InChI=1S/C11H24N2O/c1-9(14)5-7-13-6-3-4-11(8-13)10(2)12/h9-11,14H,3-8,12H2,1-2H3. The van der Waals surface area contributed by atoms with Crippen molar-refractivity contribution in [1.82, 2.24) is 4.90 Å². The van der Waals surface area contributed by atoms with Gasteiger partial charge >= 0.3 is 0 Å². The third-order valence-electron chi connectivity index (χ3n) is 3.15. The van der Waals surface area contributed by atoms with Gasteiger partial charge in [0.05, 0.1) is 6.10 Å². The van der Waals surface area contributed by atoms with Crippen molar-refractivity contribution in [3.8, 4) is 0 Å². The summed E-state index contributed by atoms with van der Waals surface area (Å²) in [5.74, 6) is 0.651. The van der Waals surface area contributed by atoms with Crippen LogP contribution in [0.5, 0.6) is 0 Å². The van der Waals surface area contributed by atoms with Gasteiger partial charge in [0.1, 0.15) is 0 Å². The van der Waals surface area contributed by atoms with Crippen LogP contribution < -0.4 is 5.73 Å². The average molecular weight is 200 g/mol. The minimum absolute atomic E-state index is 0.175. The Morgan fingerprint density at radius 2 is 2.21 bits per heavy atom. The molecule has 3 N–H and O–H groups in total. The van der Waals surface area contributed by atoms with E-state index in [1.54, 1.807) is 0 Å². The molecular weight excluding hydrogens is 176 g/mol. The number of nitrogens with zero attached hydrogens (tertiary/aromatic N) is 1. The fourth-order valence-corrected chi connectivity index (χ4v) is 2.09. The first kappa shape index (κ1) is 12.0. The molecule has 3 atom stereocenters. The van der Waals surface area contributed by atoms with Crippen molar-refractivity contribution in [2.45, 2.75) is 45.3 Å². The lowest BCUT2D eigenvalue weighted by Gasteiger charge is -2.34. The van der Waals surface area contributed by atoms with Gasteiger partial charge in [-0.2, -0.15) is 0 Å². The van der Waals surface area contributed by atoms with E-state index in [1.807, 2.05) is 6.92 Å². The molecule has 0 bridgehead atoms. The Morgan fingerprint density at radius 3 is 2.79 bits per heavy atom. The number of rotatable bonds is 4. The molecule has 1 aliphatic heterocycles. The highest BCUT2D eigenvalue weighted by Crippen LogP contribution is 2.18. The molecule has 0 aliphatic carbocycles. The van der Waals surface area contributed by atoms with E-state index in [1.165, 1.54) is 19.4 Å². The molecular formula is C11H24N2O. The molecule has 0 spiro atoms. The number of hydrogen-bond donors (Lipinski definition) is 2. The topological polar surface area (TPSA) is 49.5 Å². The average Bonchev–Trinajstić information content (AvgIpc) is 2.15. The molecule has 0 aromatic carbocycles. The van der Waals surface area contributed by atoms with Crippen LogP contribution in [0.3, 0.4) is 0 Å². The van der Waals surface area contributed by atoms with Crippen LogP contribution in [0.1, 0.15) is 33.1 Å². The van der Waals surface area contributed by atoms with Crippen molar-refractivity contribution in [2.24, 2.45) is 11.7 Å². The van der Waals surface area contributed by atoms with Crippen LogP contribution in [0.25, 0.3) is 0 Å². The summed E-state index contributed by atoms with van der Waals surface area (Å²) in [6.45, 7) is 7.26. The SMILES string of the molecule is CC(O)CCN1CCCC(C(C)N)C1. The van der Waals surface area contributed by atoms with Gasteiger partial charge in [-0.15, -0.1) is 0 Å². The lowest BCUT2D eigenvalue weighted by Crippen LogP contribution is -2.43. The predicted molar refractivity (Wildman–Crippen MR) is 59.1 cm³/mol. The maximum Gasteiger partial charge on any atom is 0.0524 e. The van der Waals surface area contributed by atoms with Gasteiger partial charge in [0, 0.05) is 19.1 Å². The first-order chi connectivity index (χ1) is 6.59. The van der Waals surface area contributed by atoms with Gasteiger partial charge in [0.15, 0.2) is 0 Å². The summed E-state index contributed by atoms with van der Waals surface area (Å²) in [6.07, 6.45) is 3.23. The second-order valence-electron chi connectivity index (χ2n) is 4.70. The van der Waals surface area contributed by atoms with E-state index >= 15 is 0 Å². The van der Waals surface area contributed by atoms with Crippen LogP contribution >= 0.6 is 0 Å². The van der Waals surface area contributed by atoms with E-state index in [-0.39, 0.29) is 6.10 Å². The Hall–Kier alpha value is -0.120. The van der Waals surface area contributed by atoms with Crippen molar-refractivity contribution in [3.63, 3.8) is 0 Å². The predicted octanol–water partition coefficient (Wildman–Crippen LogP) is 0.816. The number of likely N-dealkylation sites (tertiary alicyclic amines) is 1. The van der Waals surface area contributed by atoms with Crippen LogP contribution in [0.4, 0.5) is 0 Å². The first-order valence-corrected chi connectivity index (χ1v) is 5.75. The number of hydrogen-bond acceptors (Lipinski definition) is 3. The summed E-state index contributed by atoms with van der Waals surface area (Å²) >= 11 is 0. The summed E-state index contributed by atoms with van der Waals surface area (Å²) in [6, 6.07) is 0.310. The maximum absolute atomic E-state index is 9.21. The van der Waals surface area contributed by atoms with Crippen LogP contribution in [-0.4, -0.2) is 41.8 Å². The maximum atomic E-state index is 9.21. The zero-order valence-electron chi connectivity index (χ0n) is 9.45. The second kappa shape index (κ2) is 5.69. The summed E-state index contributed by atoms with van der Waals surface area (Å²) in [4.78, 5) is 2.43. The first-order valence-electron chi connectivity index (χ1n) is 5.75. The van der Waals surface area contributed by atoms with Crippen LogP contribution in [0.2, 0.25) is 0 Å². The Labute approximate surface area is 87.3 Å². The lowest BCUT2D eigenvalue weighted by molar-refractivity contribution is 0.122. The van der Waals surface area contributed by atoms with E-state index in [0.29, 0.717) is 12.0 Å². The van der Waals surface area contributed by atoms with Crippen molar-refractivity contribution in [3.05, 3.63) is 0 Å². The van der Waals surface area contributed by atoms with Gasteiger partial charge in [-0.25, -0.2) is 0 Å². The Morgan fingerprint density at radius 1 is 1.50 bits per heavy atom. The zero-order valence-corrected chi connectivity index (χ0v) is 9.45. The van der Waals surface area contributed by atoms with Crippen molar-refractivity contribution >= 4 is 0 Å². The molecule has 0 aromatic rings. The minimum atomic E-state index is -0.175. The Balaban J connectivity index is 2.25.